The van der Waals surface area contributed by atoms with Crippen LogP contribution in [0.25, 0.3) is 0 Å². The fraction of sp³-hybridized carbons (Fsp3) is 0.913. The van der Waals surface area contributed by atoms with E-state index in [1.54, 1.807) is 0 Å². The topological polar surface area (TPSA) is 26.0 Å². The van der Waals surface area contributed by atoms with E-state index in [0.717, 1.165) is 0 Å². The molecule has 0 radical (unpaired) electrons. The highest BCUT2D eigenvalue weighted by molar-refractivity contribution is 5.01. The zero-order valence-electron chi connectivity index (χ0n) is 17.3. The molecule has 0 saturated heterocycles. The van der Waals surface area contributed by atoms with E-state index in [0.29, 0.717) is 6.04 Å². The van der Waals surface area contributed by atoms with Gasteiger partial charge in [-0.15, -0.1) is 6.58 Å². The van der Waals surface area contributed by atoms with Gasteiger partial charge in [0.15, 0.2) is 0 Å². The Bertz CT molecular complexity index is 263. The Morgan fingerprint density at radius 3 is 1.54 bits per heavy atom. The van der Waals surface area contributed by atoms with Gasteiger partial charge in [-0.1, -0.05) is 110 Å². The fourth-order valence-corrected chi connectivity index (χ4v) is 3.83. The summed E-state index contributed by atoms with van der Waals surface area (Å²) in [6.07, 6.45) is 23.4. The van der Waals surface area contributed by atoms with E-state index in [9.17, 15) is 0 Å². The van der Waals surface area contributed by atoms with Gasteiger partial charge in [-0.25, -0.2) is 0 Å². The Hall–Kier alpha value is -0.300. The Labute approximate surface area is 153 Å². The van der Waals surface area contributed by atoms with Gasteiger partial charge in [-0.05, 0) is 19.3 Å². The van der Waals surface area contributed by atoms with Crippen LogP contribution in [0.3, 0.4) is 0 Å². The second kappa shape index (κ2) is 16.2. The maximum atomic E-state index is 6.67. The second-order valence-electron chi connectivity index (χ2n) is 7.87. The maximum absolute atomic E-state index is 6.67. The minimum Gasteiger partial charge on any atom is -0.327 e. The molecule has 1 heteroatoms. The van der Waals surface area contributed by atoms with Gasteiger partial charge in [0.25, 0.3) is 0 Å². The van der Waals surface area contributed by atoms with Crippen LogP contribution in [0.4, 0.5) is 0 Å². The van der Waals surface area contributed by atoms with Crippen molar-refractivity contribution in [3.8, 4) is 0 Å². The molecule has 0 aliphatic heterocycles. The van der Waals surface area contributed by atoms with E-state index in [-0.39, 0.29) is 5.41 Å². The van der Waals surface area contributed by atoms with Gasteiger partial charge in [-0.3, -0.25) is 0 Å². The van der Waals surface area contributed by atoms with Crippen LogP contribution < -0.4 is 5.73 Å². The molecule has 0 bridgehead atoms. The molecule has 0 aromatic carbocycles. The molecule has 0 heterocycles. The number of rotatable bonds is 18. The van der Waals surface area contributed by atoms with Crippen molar-refractivity contribution >= 4 is 0 Å². The van der Waals surface area contributed by atoms with E-state index in [1.807, 2.05) is 0 Å². The fourth-order valence-electron chi connectivity index (χ4n) is 3.83. The average molecular weight is 338 g/mol. The van der Waals surface area contributed by atoms with E-state index in [4.69, 9.17) is 5.73 Å². The summed E-state index contributed by atoms with van der Waals surface area (Å²) in [7, 11) is 0. The van der Waals surface area contributed by atoms with Gasteiger partial charge in [0.2, 0.25) is 0 Å². The van der Waals surface area contributed by atoms with Gasteiger partial charge in [-0.2, -0.15) is 0 Å². The lowest BCUT2D eigenvalue weighted by Gasteiger charge is -2.37. The molecule has 1 unspecified atom stereocenters. The Balaban J connectivity index is 4.03. The number of unbranched alkanes of at least 4 members (excludes halogenated alkanes) is 10. The lowest BCUT2D eigenvalue weighted by Crippen LogP contribution is -2.40. The highest BCUT2D eigenvalue weighted by atomic mass is 14.7. The maximum Gasteiger partial charge on any atom is 0.0130 e. The van der Waals surface area contributed by atoms with E-state index in [1.165, 1.54) is 103 Å². The molecule has 0 spiro atoms. The molecule has 0 rings (SSSR count). The van der Waals surface area contributed by atoms with Gasteiger partial charge < -0.3 is 5.73 Å². The smallest absolute Gasteiger partial charge is 0.0130 e. The first kappa shape index (κ1) is 23.7. The third-order valence-corrected chi connectivity index (χ3v) is 5.76. The van der Waals surface area contributed by atoms with E-state index >= 15 is 0 Å². The van der Waals surface area contributed by atoms with Crippen LogP contribution in [0.1, 0.15) is 124 Å². The van der Waals surface area contributed by atoms with Crippen LogP contribution >= 0.6 is 0 Å². The van der Waals surface area contributed by atoms with Crippen LogP contribution in [0.5, 0.6) is 0 Å². The molecule has 2 N–H and O–H groups in total. The quantitative estimate of drug-likeness (QED) is 0.200. The number of nitrogens with two attached hydrogens (primary N) is 1. The summed E-state index contributed by atoms with van der Waals surface area (Å²) in [5, 5.41) is 0. The SMILES string of the molecule is C=CC(CCCC)(CCCC)C(N)CCCCCCCCCCC. The third kappa shape index (κ3) is 10.5. The molecule has 1 nitrogen and oxygen atoms in total. The highest BCUT2D eigenvalue weighted by Gasteiger charge is 2.31. The van der Waals surface area contributed by atoms with Crippen LogP contribution in [0, 0.1) is 5.41 Å². The van der Waals surface area contributed by atoms with Crippen molar-refractivity contribution in [2.24, 2.45) is 11.1 Å². The first-order chi connectivity index (χ1) is 11.7. The predicted molar refractivity (Wildman–Crippen MR) is 111 cm³/mol. The number of hydrogen-bond acceptors (Lipinski definition) is 1. The van der Waals surface area contributed by atoms with Crippen LogP contribution in [0.15, 0.2) is 12.7 Å². The summed E-state index contributed by atoms with van der Waals surface area (Å²) in [6, 6.07) is 0.303. The zero-order chi connectivity index (χ0) is 18.1. The lowest BCUT2D eigenvalue weighted by atomic mass is 9.71. The molecule has 0 amide bonds. The first-order valence-corrected chi connectivity index (χ1v) is 11.1. The zero-order valence-corrected chi connectivity index (χ0v) is 17.3. The molecule has 0 fully saturated rings. The van der Waals surface area contributed by atoms with Gasteiger partial charge >= 0.3 is 0 Å². The lowest BCUT2D eigenvalue weighted by molar-refractivity contribution is 0.230. The molecule has 24 heavy (non-hydrogen) atoms. The largest absolute Gasteiger partial charge is 0.327 e. The minimum atomic E-state index is 0.187. The second-order valence-corrected chi connectivity index (χ2v) is 7.87. The molecule has 144 valence electrons. The molecule has 0 aliphatic rings. The molecule has 1 atom stereocenters. The standard InChI is InChI=1S/C23H47N/c1-5-9-12-13-14-15-16-17-18-19-22(24)23(8-4,20-10-6-2)21-11-7-3/h8,22H,4-7,9-21,24H2,1-3H3. The van der Waals surface area contributed by atoms with Crippen molar-refractivity contribution in [2.45, 2.75) is 130 Å². The molecule has 0 saturated carbocycles. The molecule has 0 aromatic heterocycles. The van der Waals surface area contributed by atoms with Crippen LogP contribution in [-0.4, -0.2) is 6.04 Å². The minimum absolute atomic E-state index is 0.187. The summed E-state index contributed by atoms with van der Waals surface area (Å²) in [5.74, 6) is 0. The van der Waals surface area contributed by atoms with E-state index < -0.39 is 0 Å². The van der Waals surface area contributed by atoms with Crippen molar-refractivity contribution < 1.29 is 0 Å². The van der Waals surface area contributed by atoms with Crippen molar-refractivity contribution in [3.05, 3.63) is 12.7 Å². The Morgan fingerprint density at radius 2 is 1.12 bits per heavy atom. The summed E-state index contributed by atoms with van der Waals surface area (Å²) in [4.78, 5) is 0. The molecule has 0 aliphatic carbocycles. The Morgan fingerprint density at radius 1 is 0.708 bits per heavy atom. The van der Waals surface area contributed by atoms with Gasteiger partial charge in [0.1, 0.15) is 0 Å². The van der Waals surface area contributed by atoms with Crippen molar-refractivity contribution in [1.82, 2.24) is 0 Å². The summed E-state index contributed by atoms with van der Waals surface area (Å²) in [6.45, 7) is 11.0. The van der Waals surface area contributed by atoms with Crippen molar-refractivity contribution in [1.29, 1.82) is 0 Å². The molecule has 0 aromatic rings. The average Bonchev–Trinajstić information content (AvgIpc) is 2.60. The van der Waals surface area contributed by atoms with Crippen molar-refractivity contribution in [3.63, 3.8) is 0 Å². The van der Waals surface area contributed by atoms with Gasteiger partial charge in [0.05, 0.1) is 0 Å². The molecular weight excluding hydrogens is 290 g/mol. The van der Waals surface area contributed by atoms with E-state index in [2.05, 4.69) is 33.4 Å². The van der Waals surface area contributed by atoms with Crippen LogP contribution in [-0.2, 0) is 0 Å². The molecular formula is C23H47N. The van der Waals surface area contributed by atoms with Crippen molar-refractivity contribution in [2.75, 3.05) is 0 Å². The Kier molecular flexibility index (Phi) is 16.0. The number of hydrogen-bond donors (Lipinski definition) is 1. The summed E-state index contributed by atoms with van der Waals surface area (Å²) in [5.41, 5.74) is 6.86. The third-order valence-electron chi connectivity index (χ3n) is 5.76. The predicted octanol–water partition coefficient (Wildman–Crippen LogP) is 7.79. The summed E-state index contributed by atoms with van der Waals surface area (Å²) >= 11 is 0. The normalized spacial score (nSPS) is 13.2. The highest BCUT2D eigenvalue weighted by Crippen LogP contribution is 2.37. The van der Waals surface area contributed by atoms with Gasteiger partial charge in [0, 0.05) is 11.5 Å². The monoisotopic (exact) mass is 337 g/mol. The van der Waals surface area contributed by atoms with Crippen LogP contribution in [0.2, 0.25) is 0 Å². The first-order valence-electron chi connectivity index (χ1n) is 11.1. The summed E-state index contributed by atoms with van der Waals surface area (Å²) < 4.78 is 0.